The van der Waals surface area contributed by atoms with Crippen LogP contribution in [-0.2, 0) is 11.3 Å². The maximum Gasteiger partial charge on any atom is 0.317 e. The number of benzene rings is 1. The van der Waals surface area contributed by atoms with E-state index in [2.05, 4.69) is 38.3 Å². The van der Waals surface area contributed by atoms with Crippen LogP contribution in [0.15, 0.2) is 28.7 Å². The molecule has 22 heavy (non-hydrogen) atoms. The topological polar surface area (TPSA) is 72.9 Å². The predicted octanol–water partition coefficient (Wildman–Crippen LogP) is 1.75. The molecule has 1 heterocycles. The van der Waals surface area contributed by atoms with Crippen LogP contribution in [-0.4, -0.2) is 59.6 Å². The molecule has 2 amide bonds. The second-order valence-corrected chi connectivity index (χ2v) is 6.18. The van der Waals surface area contributed by atoms with Crippen molar-refractivity contribution in [3.63, 3.8) is 0 Å². The molecule has 0 aliphatic carbocycles. The Hall–Kier alpha value is -1.60. The van der Waals surface area contributed by atoms with E-state index in [0.29, 0.717) is 13.1 Å². The van der Waals surface area contributed by atoms with Crippen LogP contribution in [0.4, 0.5) is 4.79 Å². The number of rotatable bonds is 5. The SMILES string of the molecule is O=C(O)CCNC(=O)N1CCN(Cc2ccc(Br)cc2)CC1. The van der Waals surface area contributed by atoms with Gasteiger partial charge in [0.25, 0.3) is 0 Å². The Kier molecular flexibility index (Phi) is 6.21. The number of nitrogens with one attached hydrogen (secondary N) is 1. The summed E-state index contributed by atoms with van der Waals surface area (Å²) in [4.78, 5) is 26.3. The Morgan fingerprint density at radius 2 is 1.77 bits per heavy atom. The summed E-state index contributed by atoms with van der Waals surface area (Å²) in [6, 6.07) is 8.07. The minimum Gasteiger partial charge on any atom is -0.481 e. The van der Waals surface area contributed by atoms with Gasteiger partial charge in [-0.1, -0.05) is 28.1 Å². The lowest BCUT2D eigenvalue weighted by molar-refractivity contribution is -0.136. The van der Waals surface area contributed by atoms with E-state index in [9.17, 15) is 9.59 Å². The summed E-state index contributed by atoms with van der Waals surface area (Å²) >= 11 is 3.42. The molecule has 0 radical (unpaired) electrons. The molecule has 2 rings (SSSR count). The minimum atomic E-state index is -0.903. The molecular formula is C15H20BrN3O3. The normalized spacial score (nSPS) is 15.6. The fraction of sp³-hybridized carbons (Fsp3) is 0.467. The molecule has 2 N–H and O–H groups in total. The van der Waals surface area contributed by atoms with Gasteiger partial charge in [0, 0.05) is 43.7 Å². The van der Waals surface area contributed by atoms with E-state index in [-0.39, 0.29) is 19.0 Å². The van der Waals surface area contributed by atoms with Gasteiger partial charge in [0.1, 0.15) is 0 Å². The van der Waals surface area contributed by atoms with E-state index < -0.39 is 5.97 Å². The van der Waals surface area contributed by atoms with Crippen LogP contribution in [0.3, 0.4) is 0 Å². The van der Waals surface area contributed by atoms with Crippen LogP contribution in [0.2, 0.25) is 0 Å². The maximum atomic E-state index is 11.9. The number of carbonyl (C=O) groups excluding carboxylic acids is 1. The zero-order valence-corrected chi connectivity index (χ0v) is 13.9. The van der Waals surface area contributed by atoms with Gasteiger partial charge in [-0.15, -0.1) is 0 Å². The summed E-state index contributed by atoms with van der Waals surface area (Å²) < 4.78 is 1.07. The summed E-state index contributed by atoms with van der Waals surface area (Å²) in [6.07, 6.45) is -0.0464. The number of urea groups is 1. The van der Waals surface area contributed by atoms with E-state index in [1.807, 2.05) is 12.1 Å². The largest absolute Gasteiger partial charge is 0.481 e. The summed E-state index contributed by atoms with van der Waals surface area (Å²) in [5.41, 5.74) is 1.25. The highest BCUT2D eigenvalue weighted by molar-refractivity contribution is 9.10. The zero-order valence-electron chi connectivity index (χ0n) is 12.3. The molecule has 0 spiro atoms. The zero-order chi connectivity index (χ0) is 15.9. The molecule has 1 saturated heterocycles. The molecule has 0 saturated carbocycles. The number of piperazine rings is 1. The first-order chi connectivity index (χ1) is 10.5. The van der Waals surface area contributed by atoms with Crippen molar-refractivity contribution < 1.29 is 14.7 Å². The minimum absolute atomic E-state index is 0.0464. The number of carbonyl (C=O) groups is 2. The van der Waals surface area contributed by atoms with Gasteiger partial charge >= 0.3 is 12.0 Å². The molecule has 0 unspecified atom stereocenters. The maximum absolute atomic E-state index is 11.9. The predicted molar refractivity (Wildman–Crippen MR) is 86.6 cm³/mol. The monoisotopic (exact) mass is 369 g/mol. The van der Waals surface area contributed by atoms with E-state index in [0.717, 1.165) is 24.1 Å². The van der Waals surface area contributed by atoms with Gasteiger partial charge < -0.3 is 15.3 Å². The van der Waals surface area contributed by atoms with Crippen LogP contribution in [0.1, 0.15) is 12.0 Å². The van der Waals surface area contributed by atoms with Crippen molar-refractivity contribution in [2.45, 2.75) is 13.0 Å². The van der Waals surface area contributed by atoms with Gasteiger partial charge in [-0.05, 0) is 17.7 Å². The average Bonchev–Trinajstić information content (AvgIpc) is 2.50. The number of amides is 2. The smallest absolute Gasteiger partial charge is 0.317 e. The van der Waals surface area contributed by atoms with Crippen LogP contribution >= 0.6 is 15.9 Å². The third-order valence-electron chi connectivity index (χ3n) is 3.59. The molecule has 120 valence electrons. The van der Waals surface area contributed by atoms with Crippen molar-refractivity contribution in [3.8, 4) is 0 Å². The molecule has 0 atom stereocenters. The number of halogens is 1. The highest BCUT2D eigenvalue weighted by Gasteiger charge is 2.20. The number of nitrogens with zero attached hydrogens (tertiary/aromatic N) is 2. The first-order valence-corrected chi connectivity index (χ1v) is 8.05. The summed E-state index contributed by atoms with van der Waals surface area (Å²) in [5, 5.41) is 11.2. The van der Waals surface area contributed by atoms with E-state index in [1.165, 1.54) is 5.56 Å². The van der Waals surface area contributed by atoms with Gasteiger partial charge in [0.15, 0.2) is 0 Å². The summed E-state index contributed by atoms with van der Waals surface area (Å²) in [6.45, 7) is 4.02. The molecule has 1 aromatic rings. The van der Waals surface area contributed by atoms with Crippen molar-refractivity contribution >= 4 is 27.9 Å². The third kappa shape index (κ3) is 5.31. The first-order valence-electron chi connectivity index (χ1n) is 7.26. The van der Waals surface area contributed by atoms with E-state index in [4.69, 9.17) is 5.11 Å². The molecule has 1 fully saturated rings. The van der Waals surface area contributed by atoms with Gasteiger partial charge in [-0.3, -0.25) is 9.69 Å². The Labute approximate surface area is 138 Å². The number of aliphatic carboxylic acids is 1. The van der Waals surface area contributed by atoms with Crippen molar-refractivity contribution in [1.29, 1.82) is 0 Å². The second kappa shape index (κ2) is 8.14. The lowest BCUT2D eigenvalue weighted by Crippen LogP contribution is -2.51. The second-order valence-electron chi connectivity index (χ2n) is 5.27. The van der Waals surface area contributed by atoms with Crippen LogP contribution < -0.4 is 5.32 Å². The fourth-order valence-electron chi connectivity index (χ4n) is 2.35. The lowest BCUT2D eigenvalue weighted by atomic mass is 10.2. The Balaban J connectivity index is 1.72. The highest BCUT2D eigenvalue weighted by atomic mass is 79.9. The number of hydrogen-bond donors (Lipinski definition) is 2. The van der Waals surface area contributed by atoms with Gasteiger partial charge in [-0.25, -0.2) is 4.79 Å². The lowest BCUT2D eigenvalue weighted by Gasteiger charge is -2.34. The number of carboxylic acids is 1. The molecule has 0 bridgehead atoms. The number of carboxylic acid groups (broad SMARTS) is 1. The molecule has 1 aliphatic heterocycles. The third-order valence-corrected chi connectivity index (χ3v) is 4.12. The molecule has 0 aromatic heterocycles. The summed E-state index contributed by atoms with van der Waals surface area (Å²) in [7, 11) is 0. The van der Waals surface area contributed by atoms with Gasteiger partial charge in [-0.2, -0.15) is 0 Å². The summed E-state index contributed by atoms with van der Waals surface area (Å²) in [5.74, 6) is -0.903. The van der Waals surface area contributed by atoms with Crippen LogP contribution in [0.5, 0.6) is 0 Å². The molecule has 1 aromatic carbocycles. The quantitative estimate of drug-likeness (QED) is 0.829. The fourth-order valence-corrected chi connectivity index (χ4v) is 2.61. The van der Waals surface area contributed by atoms with Crippen LogP contribution in [0.25, 0.3) is 0 Å². The molecular weight excluding hydrogens is 350 g/mol. The van der Waals surface area contributed by atoms with Crippen molar-refractivity contribution in [2.24, 2.45) is 0 Å². The molecule has 7 heteroatoms. The van der Waals surface area contributed by atoms with Gasteiger partial charge in [0.2, 0.25) is 0 Å². The Morgan fingerprint density at radius 3 is 2.36 bits per heavy atom. The van der Waals surface area contributed by atoms with E-state index in [1.54, 1.807) is 4.90 Å². The number of hydrogen-bond acceptors (Lipinski definition) is 3. The van der Waals surface area contributed by atoms with Gasteiger partial charge in [0.05, 0.1) is 6.42 Å². The Morgan fingerprint density at radius 1 is 1.14 bits per heavy atom. The Bertz CT molecular complexity index is 513. The van der Waals surface area contributed by atoms with Crippen molar-refractivity contribution in [3.05, 3.63) is 34.3 Å². The molecule has 1 aliphatic rings. The van der Waals surface area contributed by atoms with Crippen molar-refractivity contribution in [1.82, 2.24) is 15.1 Å². The highest BCUT2D eigenvalue weighted by Crippen LogP contribution is 2.13. The standard InChI is InChI=1S/C15H20BrN3O3/c16-13-3-1-12(2-4-13)11-18-7-9-19(10-8-18)15(22)17-6-5-14(20)21/h1-4H,5-11H2,(H,17,22)(H,20,21). The molecule has 6 nitrogen and oxygen atoms in total. The van der Waals surface area contributed by atoms with Crippen LogP contribution in [0, 0.1) is 0 Å². The van der Waals surface area contributed by atoms with Crippen molar-refractivity contribution in [2.75, 3.05) is 32.7 Å². The average molecular weight is 370 g/mol. The first kappa shape index (κ1) is 16.8. The van der Waals surface area contributed by atoms with E-state index >= 15 is 0 Å².